The monoisotopic (exact) mass is 398 g/mol. The molecule has 3 aromatic carbocycles. The van der Waals surface area contributed by atoms with Gasteiger partial charge in [0.25, 0.3) is 5.79 Å². The van der Waals surface area contributed by atoms with Crippen LogP contribution >= 0.6 is 0 Å². The Hall–Kier alpha value is -3.40. The van der Waals surface area contributed by atoms with Gasteiger partial charge in [-0.15, -0.1) is 0 Å². The zero-order chi connectivity index (χ0) is 20.6. The van der Waals surface area contributed by atoms with E-state index in [-0.39, 0.29) is 5.57 Å². The fourth-order valence-corrected chi connectivity index (χ4v) is 4.45. The highest BCUT2D eigenvalue weighted by atomic mass is 16.7. The Morgan fingerprint density at radius 3 is 1.93 bits per heavy atom. The Kier molecular flexibility index (Phi) is 4.62. The highest BCUT2D eigenvalue weighted by Crippen LogP contribution is 2.37. The molecule has 0 atom stereocenters. The lowest BCUT2D eigenvalue weighted by Gasteiger charge is -2.38. The molecule has 1 spiro atoms. The molecule has 0 amide bonds. The van der Waals surface area contributed by atoms with E-state index in [9.17, 15) is 9.59 Å². The predicted octanol–water partition coefficient (Wildman–Crippen LogP) is 5.69. The summed E-state index contributed by atoms with van der Waals surface area (Å²) in [5.41, 5.74) is 0.980. The van der Waals surface area contributed by atoms with E-state index in [0.717, 1.165) is 46.4 Å². The van der Waals surface area contributed by atoms with Gasteiger partial charge < -0.3 is 9.47 Å². The van der Waals surface area contributed by atoms with Crippen molar-refractivity contribution in [3.05, 3.63) is 77.9 Å². The summed E-state index contributed by atoms with van der Waals surface area (Å²) in [5.74, 6) is -2.25. The fourth-order valence-electron chi connectivity index (χ4n) is 4.45. The van der Waals surface area contributed by atoms with E-state index in [1.54, 1.807) is 6.08 Å². The van der Waals surface area contributed by atoms with Gasteiger partial charge in [-0.05, 0) is 52.1 Å². The van der Waals surface area contributed by atoms with Crippen LogP contribution in [0.3, 0.4) is 0 Å². The Morgan fingerprint density at radius 2 is 1.33 bits per heavy atom. The van der Waals surface area contributed by atoms with E-state index in [0.29, 0.717) is 12.8 Å². The third-order valence-electron chi connectivity index (χ3n) is 5.95. The van der Waals surface area contributed by atoms with Gasteiger partial charge in [-0.1, -0.05) is 67.1 Å². The first-order chi connectivity index (χ1) is 14.7. The number of esters is 2. The number of carbonyl (C=O) groups excluding carboxylic acids is 2. The molecule has 1 saturated heterocycles. The number of hydrogen-bond donors (Lipinski definition) is 0. The standard InChI is InChI=1S/C26H22O4/c27-24-23(25(28)30-26(29-24)15-6-1-7-16-26)14-8-13-22-20-11-4-2-9-18(20)17-19-10-3-5-12-21(19)22/h2-5,8-14,17H,1,6-7,15-16H2/b13-8+. The Balaban J connectivity index is 1.50. The van der Waals surface area contributed by atoms with Gasteiger partial charge >= 0.3 is 11.9 Å². The molecule has 1 aliphatic heterocycles. The van der Waals surface area contributed by atoms with Crippen LogP contribution in [-0.4, -0.2) is 17.7 Å². The summed E-state index contributed by atoms with van der Waals surface area (Å²) in [4.78, 5) is 25.0. The van der Waals surface area contributed by atoms with Crippen molar-refractivity contribution in [3.8, 4) is 0 Å². The van der Waals surface area contributed by atoms with E-state index in [4.69, 9.17) is 9.47 Å². The average molecular weight is 398 g/mol. The first kappa shape index (κ1) is 18.6. The zero-order valence-electron chi connectivity index (χ0n) is 16.6. The molecule has 5 rings (SSSR count). The number of allylic oxidation sites excluding steroid dienone is 2. The Bertz CT molecular complexity index is 1140. The molecule has 0 radical (unpaired) electrons. The molecule has 0 unspecified atom stereocenters. The quantitative estimate of drug-likeness (QED) is 0.241. The maximum Gasteiger partial charge on any atom is 0.348 e. The van der Waals surface area contributed by atoms with Crippen molar-refractivity contribution >= 4 is 39.6 Å². The van der Waals surface area contributed by atoms with E-state index in [1.165, 1.54) is 6.08 Å². The van der Waals surface area contributed by atoms with Crippen molar-refractivity contribution in [2.24, 2.45) is 0 Å². The number of fused-ring (bicyclic) bond motifs is 2. The molecule has 4 heteroatoms. The summed E-state index contributed by atoms with van der Waals surface area (Å²) in [6, 6.07) is 18.5. The van der Waals surface area contributed by atoms with E-state index < -0.39 is 17.7 Å². The lowest BCUT2D eigenvalue weighted by molar-refractivity contribution is -0.244. The average Bonchev–Trinajstić information content (AvgIpc) is 2.75. The minimum absolute atomic E-state index is 0.0630. The third kappa shape index (κ3) is 3.28. The number of rotatable bonds is 2. The minimum atomic E-state index is -1.06. The number of ether oxygens (including phenoxy) is 2. The molecule has 1 heterocycles. The molecule has 1 aliphatic carbocycles. The van der Waals surface area contributed by atoms with Gasteiger partial charge in [-0.2, -0.15) is 0 Å². The summed E-state index contributed by atoms with van der Waals surface area (Å²) in [5, 5.41) is 4.50. The molecule has 3 aromatic rings. The number of benzene rings is 3. The summed E-state index contributed by atoms with van der Waals surface area (Å²) < 4.78 is 11.1. The molecule has 0 aromatic heterocycles. The highest BCUT2D eigenvalue weighted by molar-refractivity contribution is 6.16. The fraction of sp³-hybridized carbons (Fsp3) is 0.231. The highest BCUT2D eigenvalue weighted by Gasteiger charge is 2.46. The third-order valence-corrected chi connectivity index (χ3v) is 5.95. The first-order valence-electron chi connectivity index (χ1n) is 10.4. The van der Waals surface area contributed by atoms with Gasteiger partial charge in [0.05, 0.1) is 0 Å². The molecule has 0 bridgehead atoms. The van der Waals surface area contributed by atoms with Crippen LogP contribution in [0.5, 0.6) is 0 Å². The molecule has 4 nitrogen and oxygen atoms in total. The molecule has 30 heavy (non-hydrogen) atoms. The molecule has 2 fully saturated rings. The first-order valence-corrected chi connectivity index (χ1v) is 10.4. The van der Waals surface area contributed by atoms with Crippen molar-refractivity contribution in [2.75, 3.05) is 0 Å². The zero-order valence-corrected chi connectivity index (χ0v) is 16.6. The van der Waals surface area contributed by atoms with Gasteiger partial charge in [-0.3, -0.25) is 0 Å². The Morgan fingerprint density at radius 1 is 0.767 bits per heavy atom. The van der Waals surface area contributed by atoms with Crippen molar-refractivity contribution < 1.29 is 19.1 Å². The van der Waals surface area contributed by atoms with Crippen LogP contribution in [0.2, 0.25) is 0 Å². The van der Waals surface area contributed by atoms with Crippen molar-refractivity contribution in [2.45, 2.75) is 37.9 Å². The van der Waals surface area contributed by atoms with Gasteiger partial charge in [0, 0.05) is 12.8 Å². The summed E-state index contributed by atoms with van der Waals surface area (Å²) in [7, 11) is 0. The smallest absolute Gasteiger partial charge is 0.348 e. The van der Waals surface area contributed by atoms with Crippen molar-refractivity contribution in [1.82, 2.24) is 0 Å². The van der Waals surface area contributed by atoms with Gasteiger partial charge in [-0.25, -0.2) is 9.59 Å². The number of carbonyl (C=O) groups is 2. The van der Waals surface area contributed by atoms with Crippen LogP contribution in [-0.2, 0) is 19.1 Å². The lowest BCUT2D eigenvalue weighted by atomic mass is 9.93. The molecular formula is C26H22O4. The normalized spacial score (nSPS) is 18.7. The van der Waals surface area contributed by atoms with Crippen molar-refractivity contribution in [1.29, 1.82) is 0 Å². The van der Waals surface area contributed by atoms with Crippen LogP contribution in [0.4, 0.5) is 0 Å². The van der Waals surface area contributed by atoms with Crippen LogP contribution in [0.1, 0.15) is 37.7 Å². The maximum atomic E-state index is 12.5. The second-order valence-corrected chi connectivity index (χ2v) is 7.92. The summed E-state index contributed by atoms with van der Waals surface area (Å²) in [6.07, 6.45) is 9.18. The molecular weight excluding hydrogens is 376 g/mol. The summed E-state index contributed by atoms with van der Waals surface area (Å²) >= 11 is 0. The van der Waals surface area contributed by atoms with Crippen LogP contribution in [0.25, 0.3) is 27.6 Å². The van der Waals surface area contributed by atoms with Crippen LogP contribution < -0.4 is 0 Å². The van der Waals surface area contributed by atoms with Crippen LogP contribution in [0.15, 0.2) is 72.3 Å². The second-order valence-electron chi connectivity index (χ2n) is 7.92. The van der Waals surface area contributed by atoms with Gasteiger partial charge in [0.1, 0.15) is 5.57 Å². The van der Waals surface area contributed by atoms with Gasteiger partial charge in [0.2, 0.25) is 0 Å². The predicted molar refractivity (Wildman–Crippen MR) is 117 cm³/mol. The summed E-state index contributed by atoms with van der Waals surface area (Å²) in [6.45, 7) is 0. The topological polar surface area (TPSA) is 52.6 Å². The van der Waals surface area contributed by atoms with E-state index >= 15 is 0 Å². The SMILES string of the molecule is O=C1OC2(CCCCC2)OC(=O)C1=C/C=C/c1c2ccccc2cc2ccccc12. The van der Waals surface area contributed by atoms with Gasteiger partial charge in [0.15, 0.2) is 0 Å². The van der Waals surface area contributed by atoms with Crippen LogP contribution in [0, 0.1) is 0 Å². The number of hydrogen-bond acceptors (Lipinski definition) is 4. The van der Waals surface area contributed by atoms with Crippen molar-refractivity contribution in [3.63, 3.8) is 0 Å². The largest absolute Gasteiger partial charge is 0.419 e. The molecule has 2 aliphatic rings. The lowest BCUT2D eigenvalue weighted by Crippen LogP contribution is -2.47. The van der Waals surface area contributed by atoms with E-state index in [2.05, 4.69) is 30.3 Å². The second kappa shape index (κ2) is 7.45. The molecule has 150 valence electrons. The maximum absolute atomic E-state index is 12.5. The van der Waals surface area contributed by atoms with E-state index in [1.807, 2.05) is 30.3 Å². The molecule has 1 saturated carbocycles. The Labute approximate surface area is 174 Å². The minimum Gasteiger partial charge on any atom is -0.419 e. The molecule has 0 N–H and O–H groups in total.